The van der Waals surface area contributed by atoms with Crippen molar-refractivity contribution in [3.8, 4) is 0 Å². The van der Waals surface area contributed by atoms with E-state index in [1.54, 1.807) is 45.9 Å². The van der Waals surface area contributed by atoms with Crippen LogP contribution in [0.1, 0.15) is 40.2 Å². The maximum atomic E-state index is 13.6. The maximum absolute atomic E-state index is 13.6. The van der Waals surface area contributed by atoms with Gasteiger partial charge in [0.25, 0.3) is 0 Å². The lowest BCUT2D eigenvalue weighted by atomic mass is 10.0. The fourth-order valence-corrected chi connectivity index (χ4v) is 1.76. The lowest BCUT2D eigenvalue weighted by Crippen LogP contribution is -2.52. The third kappa shape index (κ3) is 5.65. The zero-order valence-corrected chi connectivity index (χ0v) is 15.1. The number of halogens is 1. The van der Waals surface area contributed by atoms with Crippen LogP contribution in [0.15, 0.2) is 41.5 Å². The van der Waals surface area contributed by atoms with E-state index in [9.17, 15) is 14.0 Å². The van der Waals surface area contributed by atoms with Crippen LogP contribution in [0.5, 0.6) is 0 Å². The molecule has 0 aliphatic heterocycles. The number of carbonyl (C=O) groups excluding carboxylic acids is 2. The highest BCUT2D eigenvalue weighted by Crippen LogP contribution is 2.16. The molecule has 0 unspecified atom stereocenters. The van der Waals surface area contributed by atoms with Crippen molar-refractivity contribution in [1.82, 2.24) is 5.32 Å². The number of hydrogen-bond donors (Lipinski definition) is 2. The van der Waals surface area contributed by atoms with E-state index in [0.29, 0.717) is 16.8 Å². The monoisotopic (exact) mass is 332 g/mol. The van der Waals surface area contributed by atoms with Crippen LogP contribution in [0.3, 0.4) is 0 Å². The second kappa shape index (κ2) is 7.90. The lowest BCUT2D eigenvalue weighted by Gasteiger charge is -2.25. The van der Waals surface area contributed by atoms with Crippen LogP contribution >= 0.6 is 0 Å². The van der Waals surface area contributed by atoms with Crippen LogP contribution in [0, 0.1) is 12.7 Å². The summed E-state index contributed by atoms with van der Waals surface area (Å²) in [6.07, 6.45) is 3.53. The van der Waals surface area contributed by atoms with E-state index < -0.39 is 17.3 Å². The Morgan fingerprint density at radius 3 is 2.29 bits per heavy atom. The summed E-state index contributed by atoms with van der Waals surface area (Å²) in [6.45, 7) is 10.4. The van der Waals surface area contributed by atoms with Gasteiger partial charge in [0.05, 0.1) is 0 Å². The van der Waals surface area contributed by atoms with Crippen LogP contribution in [0.25, 0.3) is 0 Å². The molecule has 1 rings (SSSR count). The average Bonchev–Trinajstić information content (AvgIpc) is 2.47. The Kier molecular flexibility index (Phi) is 6.46. The molecule has 5 heteroatoms. The number of carbonyl (C=O) groups is 2. The van der Waals surface area contributed by atoms with Gasteiger partial charge < -0.3 is 10.6 Å². The van der Waals surface area contributed by atoms with Gasteiger partial charge in [0.2, 0.25) is 11.8 Å². The SMILES string of the molecule is CC(C)=C/C=C(\C)C(=O)NC(C)(C)C(=O)Nc1ccc(C)c(F)c1. The first-order valence-corrected chi connectivity index (χ1v) is 7.75. The van der Waals surface area contributed by atoms with Crippen molar-refractivity contribution in [2.24, 2.45) is 0 Å². The molecule has 1 aromatic carbocycles. The van der Waals surface area contributed by atoms with Crippen LogP contribution in [-0.2, 0) is 9.59 Å². The molecule has 2 N–H and O–H groups in total. The number of benzene rings is 1. The molecule has 0 aliphatic carbocycles. The van der Waals surface area contributed by atoms with Crippen LogP contribution in [-0.4, -0.2) is 17.4 Å². The van der Waals surface area contributed by atoms with Gasteiger partial charge in [-0.3, -0.25) is 9.59 Å². The van der Waals surface area contributed by atoms with Crippen molar-refractivity contribution in [3.05, 3.63) is 52.9 Å². The van der Waals surface area contributed by atoms with E-state index in [-0.39, 0.29) is 5.91 Å². The Balaban J connectivity index is 2.81. The van der Waals surface area contributed by atoms with Crippen molar-refractivity contribution in [3.63, 3.8) is 0 Å². The summed E-state index contributed by atoms with van der Waals surface area (Å²) in [5.41, 5.74) is 1.28. The molecule has 0 saturated carbocycles. The molecular formula is C19H25FN2O2. The van der Waals surface area contributed by atoms with Crippen molar-refractivity contribution in [2.45, 2.75) is 47.1 Å². The normalized spacial score (nSPS) is 11.7. The number of aryl methyl sites for hydroxylation is 1. The van der Waals surface area contributed by atoms with E-state index >= 15 is 0 Å². The summed E-state index contributed by atoms with van der Waals surface area (Å²) in [6, 6.07) is 4.46. The molecule has 0 aromatic heterocycles. The number of hydrogen-bond acceptors (Lipinski definition) is 2. The first-order valence-electron chi connectivity index (χ1n) is 7.75. The molecule has 0 bridgehead atoms. The van der Waals surface area contributed by atoms with Crippen molar-refractivity contribution < 1.29 is 14.0 Å². The molecule has 2 amide bonds. The molecule has 24 heavy (non-hydrogen) atoms. The molecule has 4 nitrogen and oxygen atoms in total. The highest BCUT2D eigenvalue weighted by molar-refractivity contribution is 6.02. The van der Waals surface area contributed by atoms with Gasteiger partial charge in [0, 0.05) is 11.3 Å². The molecule has 0 fully saturated rings. The third-order valence-corrected chi connectivity index (χ3v) is 3.45. The first kappa shape index (κ1) is 19.6. The van der Waals surface area contributed by atoms with Gasteiger partial charge >= 0.3 is 0 Å². The van der Waals surface area contributed by atoms with Gasteiger partial charge in [-0.15, -0.1) is 0 Å². The van der Waals surface area contributed by atoms with Crippen molar-refractivity contribution >= 4 is 17.5 Å². The maximum Gasteiger partial charge on any atom is 0.249 e. The van der Waals surface area contributed by atoms with E-state index in [1.807, 2.05) is 19.9 Å². The van der Waals surface area contributed by atoms with Gasteiger partial charge in [-0.05, 0) is 59.2 Å². The molecule has 130 valence electrons. The van der Waals surface area contributed by atoms with Crippen LogP contribution in [0.2, 0.25) is 0 Å². The summed E-state index contributed by atoms with van der Waals surface area (Å²) in [5.74, 6) is -1.15. The molecule has 0 radical (unpaired) electrons. The Morgan fingerprint density at radius 1 is 1.12 bits per heavy atom. The number of nitrogens with one attached hydrogen (secondary N) is 2. The van der Waals surface area contributed by atoms with Crippen LogP contribution < -0.4 is 10.6 Å². The fraction of sp³-hybridized carbons (Fsp3) is 0.368. The fourth-order valence-electron chi connectivity index (χ4n) is 1.76. The lowest BCUT2D eigenvalue weighted by molar-refractivity contribution is -0.127. The minimum absolute atomic E-state index is 0.331. The predicted molar refractivity (Wildman–Crippen MR) is 95.2 cm³/mol. The Morgan fingerprint density at radius 2 is 1.75 bits per heavy atom. The quantitative estimate of drug-likeness (QED) is 0.635. The van der Waals surface area contributed by atoms with E-state index in [2.05, 4.69) is 10.6 Å². The smallest absolute Gasteiger partial charge is 0.249 e. The second-order valence-corrected chi connectivity index (χ2v) is 6.59. The zero-order valence-electron chi connectivity index (χ0n) is 15.1. The van der Waals surface area contributed by atoms with Gasteiger partial charge in [0.1, 0.15) is 11.4 Å². The number of rotatable bonds is 5. The highest BCUT2D eigenvalue weighted by atomic mass is 19.1. The largest absolute Gasteiger partial charge is 0.338 e. The van der Waals surface area contributed by atoms with Gasteiger partial charge in [-0.1, -0.05) is 23.8 Å². The molecule has 0 aliphatic rings. The first-order chi connectivity index (χ1) is 11.0. The summed E-state index contributed by atoms with van der Waals surface area (Å²) >= 11 is 0. The Hall–Kier alpha value is -2.43. The minimum Gasteiger partial charge on any atom is -0.338 e. The van der Waals surface area contributed by atoms with E-state index in [0.717, 1.165) is 5.57 Å². The summed E-state index contributed by atoms with van der Waals surface area (Å²) < 4.78 is 13.6. The summed E-state index contributed by atoms with van der Waals surface area (Å²) in [5, 5.41) is 5.30. The third-order valence-electron chi connectivity index (χ3n) is 3.45. The zero-order chi connectivity index (χ0) is 18.5. The molecule has 1 aromatic rings. The average molecular weight is 332 g/mol. The number of allylic oxidation sites excluding steroid dienone is 3. The molecule has 0 atom stereocenters. The van der Waals surface area contributed by atoms with E-state index in [1.165, 1.54) is 6.07 Å². The minimum atomic E-state index is -1.14. The van der Waals surface area contributed by atoms with Crippen molar-refractivity contribution in [2.75, 3.05) is 5.32 Å². The summed E-state index contributed by atoms with van der Waals surface area (Å²) in [7, 11) is 0. The second-order valence-electron chi connectivity index (χ2n) is 6.59. The number of amides is 2. The predicted octanol–water partition coefficient (Wildman–Crippen LogP) is 3.88. The van der Waals surface area contributed by atoms with Gasteiger partial charge in [-0.25, -0.2) is 4.39 Å². The Bertz CT molecular complexity index is 699. The van der Waals surface area contributed by atoms with E-state index in [4.69, 9.17) is 0 Å². The topological polar surface area (TPSA) is 58.2 Å². The van der Waals surface area contributed by atoms with Crippen molar-refractivity contribution in [1.29, 1.82) is 0 Å². The standard InChI is InChI=1S/C19H25FN2O2/c1-12(2)7-8-14(4)17(23)22-19(5,6)18(24)21-15-10-9-13(3)16(20)11-15/h7-11H,1-6H3,(H,21,24)(H,22,23)/b14-8+. The highest BCUT2D eigenvalue weighted by Gasteiger charge is 2.29. The summed E-state index contributed by atoms with van der Waals surface area (Å²) in [4.78, 5) is 24.6. The molecular weight excluding hydrogens is 307 g/mol. The molecule has 0 spiro atoms. The molecule has 0 heterocycles. The van der Waals surface area contributed by atoms with Crippen LogP contribution in [0.4, 0.5) is 10.1 Å². The molecule has 0 saturated heterocycles. The Labute approximate surface area is 142 Å². The van der Waals surface area contributed by atoms with Gasteiger partial charge in [0.15, 0.2) is 0 Å². The van der Waals surface area contributed by atoms with Gasteiger partial charge in [-0.2, -0.15) is 0 Å². The number of anilines is 1.